The lowest BCUT2D eigenvalue weighted by Crippen LogP contribution is -2.38. The molecule has 5 heteroatoms. The zero-order chi connectivity index (χ0) is 10.6. The monoisotopic (exact) mass is 216 g/mol. The van der Waals surface area contributed by atoms with Crippen molar-refractivity contribution in [2.75, 3.05) is 5.75 Å². The summed E-state index contributed by atoms with van der Waals surface area (Å²) >= 11 is 0. The van der Waals surface area contributed by atoms with Crippen LogP contribution in [0.2, 0.25) is 0 Å². The van der Waals surface area contributed by atoms with Gasteiger partial charge in [0.25, 0.3) is 0 Å². The molecule has 1 saturated carbocycles. The molecule has 14 heavy (non-hydrogen) atoms. The molecule has 2 atom stereocenters. The molecule has 2 unspecified atom stereocenters. The second-order valence-electron chi connectivity index (χ2n) is 3.71. The van der Waals surface area contributed by atoms with Gasteiger partial charge >= 0.3 is 0 Å². The molecule has 0 aliphatic heterocycles. The van der Waals surface area contributed by atoms with Gasteiger partial charge in [-0.05, 0) is 19.3 Å². The molecule has 0 amide bonds. The molecule has 1 aliphatic carbocycles. The Hall–Kier alpha value is -0.600. The van der Waals surface area contributed by atoms with E-state index < -0.39 is 10.0 Å². The van der Waals surface area contributed by atoms with Crippen LogP contribution in [0, 0.1) is 17.2 Å². The third kappa shape index (κ3) is 2.96. The van der Waals surface area contributed by atoms with E-state index in [1.807, 2.05) is 6.92 Å². The standard InChI is InChI=1S/C9H16N2O2S/c1-2-6-14(12,13)11-9-5-3-4-8(9)7-10/h8-9,11H,2-6H2,1H3. The molecule has 0 aromatic rings. The van der Waals surface area contributed by atoms with Gasteiger partial charge in [0, 0.05) is 6.04 Å². The predicted octanol–water partition coefficient (Wildman–Crippen LogP) is 1.01. The first-order chi connectivity index (χ1) is 6.59. The largest absolute Gasteiger partial charge is 0.212 e. The first-order valence-corrected chi connectivity index (χ1v) is 6.64. The number of hydrogen-bond acceptors (Lipinski definition) is 3. The minimum absolute atomic E-state index is 0.137. The van der Waals surface area contributed by atoms with Gasteiger partial charge in [0.1, 0.15) is 0 Å². The Balaban J connectivity index is 2.56. The lowest BCUT2D eigenvalue weighted by Gasteiger charge is -2.15. The van der Waals surface area contributed by atoms with E-state index in [2.05, 4.69) is 10.8 Å². The second kappa shape index (κ2) is 4.76. The molecule has 0 radical (unpaired) electrons. The molecule has 0 spiro atoms. The molecular formula is C9H16N2O2S. The van der Waals surface area contributed by atoms with Gasteiger partial charge in [-0.15, -0.1) is 0 Å². The Labute approximate surface area is 85.4 Å². The van der Waals surface area contributed by atoms with Crippen molar-refractivity contribution in [3.8, 4) is 6.07 Å². The number of hydrogen-bond donors (Lipinski definition) is 1. The predicted molar refractivity (Wildman–Crippen MR) is 54.0 cm³/mol. The smallest absolute Gasteiger partial charge is 0.211 e. The van der Waals surface area contributed by atoms with Gasteiger partial charge < -0.3 is 0 Å². The molecule has 0 aromatic heterocycles. The molecule has 0 bridgehead atoms. The summed E-state index contributed by atoms with van der Waals surface area (Å²) in [6, 6.07) is 2.00. The maximum absolute atomic E-state index is 11.4. The highest BCUT2D eigenvalue weighted by Crippen LogP contribution is 2.25. The van der Waals surface area contributed by atoms with Crippen molar-refractivity contribution in [3.05, 3.63) is 0 Å². The van der Waals surface area contributed by atoms with Crippen molar-refractivity contribution in [3.63, 3.8) is 0 Å². The van der Waals surface area contributed by atoms with Gasteiger partial charge in [-0.25, -0.2) is 13.1 Å². The fourth-order valence-electron chi connectivity index (χ4n) is 1.81. The van der Waals surface area contributed by atoms with E-state index in [0.29, 0.717) is 6.42 Å². The molecule has 1 N–H and O–H groups in total. The highest BCUT2D eigenvalue weighted by molar-refractivity contribution is 7.89. The van der Waals surface area contributed by atoms with Gasteiger partial charge in [-0.3, -0.25) is 0 Å². The topological polar surface area (TPSA) is 70.0 Å². The molecule has 4 nitrogen and oxygen atoms in total. The highest BCUT2D eigenvalue weighted by atomic mass is 32.2. The SMILES string of the molecule is CCCS(=O)(=O)NC1CCCC1C#N. The van der Waals surface area contributed by atoms with Crippen LogP contribution in [0.3, 0.4) is 0 Å². The van der Waals surface area contributed by atoms with E-state index in [1.165, 1.54) is 0 Å². The summed E-state index contributed by atoms with van der Waals surface area (Å²) < 4.78 is 25.5. The normalized spacial score (nSPS) is 27.4. The minimum atomic E-state index is -3.16. The summed E-state index contributed by atoms with van der Waals surface area (Å²) in [7, 11) is -3.16. The van der Waals surface area contributed by atoms with Crippen LogP contribution in [0.5, 0.6) is 0 Å². The van der Waals surface area contributed by atoms with Gasteiger partial charge in [0.05, 0.1) is 17.7 Å². The Morgan fingerprint density at radius 1 is 1.50 bits per heavy atom. The van der Waals surface area contributed by atoms with E-state index in [4.69, 9.17) is 5.26 Å². The van der Waals surface area contributed by atoms with Gasteiger partial charge in [-0.2, -0.15) is 5.26 Å². The quantitative estimate of drug-likeness (QED) is 0.762. The fraction of sp³-hybridized carbons (Fsp3) is 0.889. The second-order valence-corrected chi connectivity index (χ2v) is 5.58. The van der Waals surface area contributed by atoms with E-state index >= 15 is 0 Å². The molecule has 1 fully saturated rings. The number of nitrogens with zero attached hydrogens (tertiary/aromatic N) is 1. The van der Waals surface area contributed by atoms with Crippen molar-refractivity contribution in [2.45, 2.75) is 38.6 Å². The van der Waals surface area contributed by atoms with E-state index in [0.717, 1.165) is 19.3 Å². The molecule has 1 rings (SSSR count). The Kier molecular flexibility index (Phi) is 3.90. The molecule has 0 heterocycles. The van der Waals surface area contributed by atoms with Crippen molar-refractivity contribution in [1.82, 2.24) is 4.72 Å². The Morgan fingerprint density at radius 3 is 2.79 bits per heavy atom. The third-order valence-corrected chi connectivity index (χ3v) is 4.09. The van der Waals surface area contributed by atoms with Crippen LogP contribution < -0.4 is 4.72 Å². The van der Waals surface area contributed by atoms with Crippen molar-refractivity contribution >= 4 is 10.0 Å². The lowest BCUT2D eigenvalue weighted by molar-refractivity contribution is 0.514. The van der Waals surface area contributed by atoms with Crippen molar-refractivity contribution in [2.24, 2.45) is 5.92 Å². The summed E-state index contributed by atoms with van der Waals surface area (Å²) in [6.45, 7) is 1.83. The summed E-state index contributed by atoms with van der Waals surface area (Å²) in [5.74, 6) is 0.0170. The van der Waals surface area contributed by atoms with Crippen molar-refractivity contribution < 1.29 is 8.42 Å². The van der Waals surface area contributed by atoms with Gasteiger partial charge in [0.15, 0.2) is 0 Å². The van der Waals surface area contributed by atoms with E-state index in [1.54, 1.807) is 0 Å². The first kappa shape index (κ1) is 11.5. The third-order valence-electron chi connectivity index (χ3n) is 2.49. The molecular weight excluding hydrogens is 200 g/mol. The summed E-state index contributed by atoms with van der Waals surface area (Å²) in [4.78, 5) is 0. The lowest BCUT2D eigenvalue weighted by atomic mass is 10.1. The van der Waals surface area contributed by atoms with E-state index in [9.17, 15) is 8.42 Å². The number of sulfonamides is 1. The zero-order valence-corrected chi connectivity index (χ0v) is 9.18. The van der Waals surface area contributed by atoms with Gasteiger partial charge in [-0.1, -0.05) is 13.3 Å². The Bertz CT molecular complexity index is 318. The maximum Gasteiger partial charge on any atom is 0.211 e. The number of nitriles is 1. The van der Waals surface area contributed by atoms with Crippen molar-refractivity contribution in [1.29, 1.82) is 5.26 Å². The molecule has 1 aliphatic rings. The molecule has 0 aromatic carbocycles. The van der Waals surface area contributed by atoms with Crippen LogP contribution >= 0.6 is 0 Å². The number of rotatable bonds is 4. The average Bonchev–Trinajstić information content (AvgIpc) is 2.50. The molecule has 80 valence electrons. The van der Waals surface area contributed by atoms with Crippen LogP contribution in [0.4, 0.5) is 0 Å². The Morgan fingerprint density at radius 2 is 2.21 bits per heavy atom. The zero-order valence-electron chi connectivity index (χ0n) is 8.36. The van der Waals surface area contributed by atoms with Crippen LogP contribution in [0.25, 0.3) is 0 Å². The summed E-state index contributed by atoms with van der Waals surface area (Å²) in [6.07, 6.45) is 3.16. The maximum atomic E-state index is 11.4. The minimum Gasteiger partial charge on any atom is -0.212 e. The fourth-order valence-corrected chi connectivity index (χ4v) is 3.21. The van der Waals surface area contributed by atoms with E-state index in [-0.39, 0.29) is 17.7 Å². The average molecular weight is 216 g/mol. The van der Waals surface area contributed by atoms with Gasteiger partial charge in [0.2, 0.25) is 10.0 Å². The molecule has 0 saturated heterocycles. The van der Waals surface area contributed by atoms with Crippen LogP contribution in [-0.2, 0) is 10.0 Å². The summed E-state index contributed by atoms with van der Waals surface area (Å²) in [5, 5.41) is 8.78. The number of nitrogens with one attached hydrogen (secondary N) is 1. The highest BCUT2D eigenvalue weighted by Gasteiger charge is 2.30. The summed E-state index contributed by atoms with van der Waals surface area (Å²) in [5.41, 5.74) is 0. The first-order valence-electron chi connectivity index (χ1n) is 4.98. The van der Waals surface area contributed by atoms with Crippen LogP contribution in [-0.4, -0.2) is 20.2 Å². The van der Waals surface area contributed by atoms with Crippen LogP contribution in [0.1, 0.15) is 32.6 Å². The van der Waals surface area contributed by atoms with Crippen LogP contribution in [0.15, 0.2) is 0 Å².